The Morgan fingerprint density at radius 3 is 2.24 bits per heavy atom. The van der Waals surface area contributed by atoms with Crippen LogP contribution in [0.15, 0.2) is 42.6 Å². The molecule has 2 unspecified atom stereocenters. The van der Waals surface area contributed by atoms with Crippen molar-refractivity contribution in [3.05, 3.63) is 59.4 Å². The number of primary amides is 1. The SMILES string of the molecule is CC(C)C(C(=O)O)N(N1CCN(c2ccc(C#Cc3ccnc(C(N)=O)c3)cc2)CC1)S(=O)O. The second kappa shape index (κ2) is 11.2. The number of aromatic nitrogens is 1. The number of benzene rings is 1. The molecule has 180 valence electrons. The second-order valence-corrected chi connectivity index (χ2v) is 8.93. The van der Waals surface area contributed by atoms with Crippen LogP contribution in [0.1, 0.15) is 35.5 Å². The molecule has 34 heavy (non-hydrogen) atoms. The average molecular weight is 486 g/mol. The minimum Gasteiger partial charge on any atom is -0.480 e. The fourth-order valence-electron chi connectivity index (χ4n) is 3.70. The number of hydrogen-bond donors (Lipinski definition) is 3. The van der Waals surface area contributed by atoms with E-state index in [1.807, 2.05) is 24.3 Å². The monoisotopic (exact) mass is 485 g/mol. The zero-order valence-corrected chi connectivity index (χ0v) is 19.7. The van der Waals surface area contributed by atoms with E-state index in [1.54, 1.807) is 31.0 Å². The van der Waals surface area contributed by atoms with Crippen LogP contribution >= 0.6 is 0 Å². The molecule has 0 spiro atoms. The number of carboxylic acids is 1. The van der Waals surface area contributed by atoms with Gasteiger partial charge in [-0.05, 0) is 42.3 Å². The minimum absolute atomic E-state index is 0.160. The van der Waals surface area contributed by atoms with Crippen LogP contribution in [0.2, 0.25) is 0 Å². The summed E-state index contributed by atoms with van der Waals surface area (Å²) in [5, 5.41) is 11.2. The molecule has 4 N–H and O–H groups in total. The number of nitrogens with two attached hydrogens (primary N) is 1. The number of hydrogen-bond acceptors (Lipinski definition) is 6. The molecule has 1 aromatic carbocycles. The Bertz CT molecular complexity index is 1120. The largest absolute Gasteiger partial charge is 0.480 e. The molecule has 1 aliphatic rings. The average Bonchev–Trinajstić information content (AvgIpc) is 2.81. The second-order valence-electron chi connectivity index (χ2n) is 8.09. The first-order chi connectivity index (χ1) is 16.2. The van der Waals surface area contributed by atoms with Gasteiger partial charge in [0.05, 0.1) is 0 Å². The number of nitrogens with zero attached hydrogens (tertiary/aromatic N) is 4. The van der Waals surface area contributed by atoms with Gasteiger partial charge in [-0.15, -0.1) is 4.41 Å². The van der Waals surface area contributed by atoms with Crippen molar-refractivity contribution in [2.45, 2.75) is 19.9 Å². The number of amides is 1. The highest BCUT2D eigenvalue weighted by Gasteiger charge is 2.38. The van der Waals surface area contributed by atoms with Gasteiger partial charge in [-0.25, -0.2) is 9.22 Å². The lowest BCUT2D eigenvalue weighted by molar-refractivity contribution is -0.148. The van der Waals surface area contributed by atoms with E-state index in [0.717, 1.165) is 15.7 Å². The summed E-state index contributed by atoms with van der Waals surface area (Å²) >= 11 is -2.44. The third kappa shape index (κ3) is 6.18. The Balaban J connectivity index is 1.65. The van der Waals surface area contributed by atoms with Crippen molar-refractivity contribution >= 4 is 28.8 Å². The fourth-order valence-corrected chi connectivity index (χ4v) is 4.59. The van der Waals surface area contributed by atoms with E-state index in [0.29, 0.717) is 31.7 Å². The van der Waals surface area contributed by atoms with E-state index in [-0.39, 0.29) is 11.6 Å². The van der Waals surface area contributed by atoms with E-state index < -0.39 is 29.2 Å². The maximum absolute atomic E-state index is 11.9. The van der Waals surface area contributed by atoms with E-state index in [2.05, 4.69) is 21.7 Å². The third-order valence-corrected chi connectivity index (χ3v) is 6.19. The van der Waals surface area contributed by atoms with E-state index in [4.69, 9.17) is 5.73 Å². The zero-order valence-electron chi connectivity index (χ0n) is 18.9. The molecule has 0 radical (unpaired) electrons. The minimum atomic E-state index is -2.44. The summed E-state index contributed by atoms with van der Waals surface area (Å²) < 4.78 is 22.8. The van der Waals surface area contributed by atoms with Gasteiger partial charge >= 0.3 is 5.97 Å². The Morgan fingerprint density at radius 2 is 1.71 bits per heavy atom. The van der Waals surface area contributed by atoms with Gasteiger partial charge in [0.25, 0.3) is 5.91 Å². The summed E-state index contributed by atoms with van der Waals surface area (Å²) in [6, 6.07) is 9.81. The molecule has 3 rings (SSSR count). The van der Waals surface area contributed by atoms with Gasteiger partial charge in [-0.1, -0.05) is 25.7 Å². The standard InChI is InChI=1S/C23H27N5O5S/c1-16(2)21(23(30)31)28(34(32)33)27-13-11-26(12-14-27)19-7-5-17(6-8-19)3-4-18-9-10-25-20(15-18)22(24)29/h5-10,15-16,21H,11-14H2,1-2H3,(H2,24,29)(H,30,31)(H,32,33). The molecule has 1 fully saturated rings. The van der Waals surface area contributed by atoms with E-state index >= 15 is 0 Å². The number of carbonyl (C=O) groups is 2. The highest BCUT2D eigenvalue weighted by atomic mass is 32.2. The molecule has 2 atom stereocenters. The number of anilines is 1. The van der Waals surface area contributed by atoms with Gasteiger partial charge in [-0.3, -0.25) is 19.1 Å². The van der Waals surface area contributed by atoms with Crippen LogP contribution < -0.4 is 10.6 Å². The lowest BCUT2D eigenvalue weighted by atomic mass is 10.1. The van der Waals surface area contributed by atoms with Crippen molar-refractivity contribution in [1.82, 2.24) is 14.4 Å². The number of aliphatic carboxylic acids is 1. The number of pyridine rings is 1. The van der Waals surface area contributed by atoms with Crippen LogP contribution in [0.25, 0.3) is 0 Å². The van der Waals surface area contributed by atoms with Crippen LogP contribution in [0, 0.1) is 17.8 Å². The van der Waals surface area contributed by atoms with Gasteiger partial charge in [-0.2, -0.15) is 0 Å². The van der Waals surface area contributed by atoms with Crippen molar-refractivity contribution in [2.75, 3.05) is 31.1 Å². The number of rotatable bonds is 7. The molecular weight excluding hydrogens is 458 g/mol. The quantitative estimate of drug-likeness (QED) is 0.392. The predicted octanol–water partition coefficient (Wildman–Crippen LogP) is 1.17. The van der Waals surface area contributed by atoms with Gasteiger partial charge in [0.1, 0.15) is 11.7 Å². The Labute approximate surface area is 200 Å². The number of piperazine rings is 1. The Morgan fingerprint density at radius 1 is 1.09 bits per heavy atom. The van der Waals surface area contributed by atoms with Crippen molar-refractivity contribution in [3.8, 4) is 11.8 Å². The lowest BCUT2D eigenvalue weighted by Gasteiger charge is -2.42. The third-order valence-electron chi connectivity index (χ3n) is 5.41. The molecule has 11 heteroatoms. The highest BCUT2D eigenvalue weighted by molar-refractivity contribution is 7.76. The van der Waals surface area contributed by atoms with Crippen molar-refractivity contribution in [2.24, 2.45) is 11.7 Å². The molecule has 10 nitrogen and oxygen atoms in total. The lowest BCUT2D eigenvalue weighted by Crippen LogP contribution is -2.60. The molecule has 0 bridgehead atoms. The summed E-state index contributed by atoms with van der Waals surface area (Å²) in [6.07, 6.45) is 1.49. The maximum Gasteiger partial charge on any atom is 0.323 e. The summed E-state index contributed by atoms with van der Waals surface area (Å²) in [6.45, 7) is 5.38. The summed E-state index contributed by atoms with van der Waals surface area (Å²) in [5.74, 6) is 3.96. The molecule has 0 aliphatic carbocycles. The van der Waals surface area contributed by atoms with E-state index in [1.165, 1.54) is 6.20 Å². The van der Waals surface area contributed by atoms with Crippen LogP contribution in [0.4, 0.5) is 5.69 Å². The van der Waals surface area contributed by atoms with Crippen molar-refractivity contribution in [3.63, 3.8) is 0 Å². The number of hydrazine groups is 1. The van der Waals surface area contributed by atoms with E-state index in [9.17, 15) is 23.5 Å². The van der Waals surface area contributed by atoms with Crippen LogP contribution in [-0.4, -0.2) is 72.4 Å². The van der Waals surface area contributed by atoms with Gasteiger partial charge < -0.3 is 15.7 Å². The van der Waals surface area contributed by atoms with Crippen LogP contribution in [0.3, 0.4) is 0 Å². The number of carboxylic acid groups (broad SMARTS) is 1. The summed E-state index contributed by atoms with van der Waals surface area (Å²) in [7, 11) is 0. The topological polar surface area (TPSA) is 140 Å². The molecule has 0 saturated carbocycles. The first-order valence-electron chi connectivity index (χ1n) is 10.7. The Kier molecular flexibility index (Phi) is 8.36. The van der Waals surface area contributed by atoms with Crippen LogP contribution in [-0.2, 0) is 16.1 Å². The molecule has 1 saturated heterocycles. The van der Waals surface area contributed by atoms with Crippen molar-refractivity contribution in [1.29, 1.82) is 0 Å². The maximum atomic E-state index is 11.9. The summed E-state index contributed by atoms with van der Waals surface area (Å²) in [4.78, 5) is 28.9. The van der Waals surface area contributed by atoms with Crippen molar-refractivity contribution < 1.29 is 23.5 Å². The molecule has 1 aromatic heterocycles. The first kappa shape index (κ1) is 25.3. The normalized spacial score (nSPS) is 16.1. The van der Waals surface area contributed by atoms with Gasteiger partial charge in [0.15, 0.2) is 0 Å². The van der Waals surface area contributed by atoms with Gasteiger partial charge in [0.2, 0.25) is 11.3 Å². The smallest absolute Gasteiger partial charge is 0.323 e. The zero-order chi connectivity index (χ0) is 24.8. The number of carbonyl (C=O) groups excluding carboxylic acids is 1. The Hall–Kier alpha value is -3.30. The molecule has 1 amide bonds. The molecular formula is C23H27N5O5S. The summed E-state index contributed by atoms with van der Waals surface area (Å²) in [5.41, 5.74) is 7.81. The van der Waals surface area contributed by atoms with Gasteiger partial charge in [0, 0.05) is 49.2 Å². The molecule has 2 heterocycles. The molecule has 2 aromatic rings. The highest BCUT2D eigenvalue weighted by Crippen LogP contribution is 2.21. The van der Waals surface area contributed by atoms with Crippen LogP contribution in [0.5, 0.6) is 0 Å². The molecule has 1 aliphatic heterocycles. The fraction of sp³-hybridized carbons (Fsp3) is 0.348. The predicted molar refractivity (Wildman–Crippen MR) is 128 cm³/mol. The first-order valence-corrected chi connectivity index (χ1v) is 11.7.